The van der Waals surface area contributed by atoms with E-state index in [1.807, 2.05) is 73.7 Å². The molecule has 216 valence electrons. The number of aryl methyl sites for hydroxylation is 2. The largest absolute Gasteiger partial charge is 0.367 e. The number of aromatic nitrogens is 2. The first-order valence-corrected chi connectivity index (χ1v) is 15.0. The molecule has 0 atom stereocenters. The molecule has 6 heteroatoms. The molecular weight excluding hydrogens is 542 g/mol. The van der Waals surface area contributed by atoms with Crippen LogP contribution in [0, 0.1) is 6.92 Å². The number of para-hydroxylation sites is 2. The van der Waals surface area contributed by atoms with Crippen LogP contribution in [-0.4, -0.2) is 22.4 Å². The Labute approximate surface area is 257 Å². The number of anilines is 4. The minimum Gasteiger partial charge on any atom is -0.367 e. The van der Waals surface area contributed by atoms with E-state index in [0.717, 1.165) is 65.0 Å². The molecule has 6 nitrogen and oxygen atoms in total. The van der Waals surface area contributed by atoms with E-state index < -0.39 is 0 Å². The lowest BCUT2D eigenvalue weighted by Gasteiger charge is -2.31. The van der Waals surface area contributed by atoms with Crippen molar-refractivity contribution < 1.29 is 4.79 Å². The third-order valence-electron chi connectivity index (χ3n) is 8.18. The fourth-order valence-electron chi connectivity index (χ4n) is 5.88. The fraction of sp³-hybridized carbons (Fsp3) is 0.132. The molecule has 0 fully saturated rings. The van der Waals surface area contributed by atoms with Crippen LogP contribution in [0.1, 0.15) is 33.5 Å². The zero-order chi connectivity index (χ0) is 29.9. The quantitative estimate of drug-likeness (QED) is 0.200. The number of hydrogen-bond acceptors (Lipinski definition) is 5. The van der Waals surface area contributed by atoms with Gasteiger partial charge in [-0.25, -0.2) is 9.97 Å². The van der Waals surface area contributed by atoms with Crippen molar-refractivity contribution in [3.05, 3.63) is 144 Å². The normalized spacial score (nSPS) is 12.5. The van der Waals surface area contributed by atoms with Crippen molar-refractivity contribution in [1.29, 1.82) is 0 Å². The second-order valence-electron chi connectivity index (χ2n) is 11.2. The molecule has 1 amide bonds. The number of carbonyl (C=O) groups is 1. The van der Waals surface area contributed by atoms with E-state index in [2.05, 4.69) is 70.1 Å². The van der Waals surface area contributed by atoms with Gasteiger partial charge in [0.15, 0.2) is 0 Å². The van der Waals surface area contributed by atoms with Crippen molar-refractivity contribution in [2.45, 2.75) is 26.3 Å². The Balaban J connectivity index is 1.06. The number of nitrogens with one attached hydrogen (secondary N) is 2. The molecular formula is C38H33N5O. The minimum absolute atomic E-state index is 0.145. The van der Waals surface area contributed by atoms with Crippen LogP contribution in [0.2, 0.25) is 0 Å². The van der Waals surface area contributed by atoms with Gasteiger partial charge in [0, 0.05) is 46.7 Å². The maximum atomic E-state index is 13.3. The summed E-state index contributed by atoms with van der Waals surface area (Å²) in [6.45, 7) is 3.87. The summed E-state index contributed by atoms with van der Waals surface area (Å²) >= 11 is 0. The average Bonchev–Trinajstić information content (AvgIpc) is 3.07. The number of nitrogens with zero attached hydrogens (tertiary/aromatic N) is 3. The number of fused-ring (bicyclic) bond motifs is 2. The van der Waals surface area contributed by atoms with Crippen LogP contribution < -0.4 is 15.5 Å². The van der Waals surface area contributed by atoms with Gasteiger partial charge in [-0.3, -0.25) is 4.79 Å². The zero-order valence-electron chi connectivity index (χ0n) is 24.6. The summed E-state index contributed by atoms with van der Waals surface area (Å²) in [5.74, 6) is 0.358. The third kappa shape index (κ3) is 5.75. The smallest absolute Gasteiger partial charge is 0.255 e. The molecule has 2 N–H and O–H groups in total. The number of rotatable bonds is 7. The van der Waals surface area contributed by atoms with Crippen molar-refractivity contribution in [1.82, 2.24) is 9.97 Å². The molecule has 1 aliphatic rings. The number of amides is 1. The first-order valence-electron chi connectivity index (χ1n) is 15.0. The molecule has 0 unspecified atom stereocenters. The molecule has 44 heavy (non-hydrogen) atoms. The van der Waals surface area contributed by atoms with Gasteiger partial charge >= 0.3 is 0 Å². The first kappa shape index (κ1) is 27.3. The fourth-order valence-corrected chi connectivity index (χ4v) is 5.88. The predicted molar refractivity (Wildman–Crippen MR) is 180 cm³/mol. The standard InChI is InChI=1S/C38H33N5O/c1-26-17-18-27(25-43-23-9-13-28-10-5-8-16-35(28)43)24-34(26)40-37(44)30-19-21-31(22-20-30)39-38-41-33-15-7-6-14-32(33)36(42-38)29-11-3-2-4-12-29/h2-8,10-12,14-22,24H,9,13,23,25H2,1H3,(H,40,44)(H,39,41,42). The van der Waals surface area contributed by atoms with Crippen molar-refractivity contribution in [3.63, 3.8) is 0 Å². The molecule has 7 rings (SSSR count). The lowest BCUT2D eigenvalue weighted by atomic mass is 10.0. The van der Waals surface area contributed by atoms with Crippen LogP contribution in [0.15, 0.2) is 121 Å². The SMILES string of the molecule is Cc1ccc(CN2CCCc3ccccc32)cc1NC(=O)c1ccc(Nc2nc(-c3ccccc3)c3ccccc3n2)cc1. The number of hydrogen-bond donors (Lipinski definition) is 2. The van der Waals surface area contributed by atoms with E-state index >= 15 is 0 Å². The molecule has 1 aliphatic heterocycles. The Morgan fingerprint density at radius 3 is 2.45 bits per heavy atom. The van der Waals surface area contributed by atoms with Gasteiger partial charge in [0.25, 0.3) is 5.91 Å². The Hall–Kier alpha value is -5.49. The first-order chi connectivity index (χ1) is 21.6. The maximum Gasteiger partial charge on any atom is 0.255 e. The maximum absolute atomic E-state index is 13.3. The summed E-state index contributed by atoms with van der Waals surface area (Å²) in [5, 5.41) is 7.46. The highest BCUT2D eigenvalue weighted by atomic mass is 16.1. The molecule has 2 heterocycles. The summed E-state index contributed by atoms with van der Waals surface area (Å²) in [4.78, 5) is 25.3. The second-order valence-corrected chi connectivity index (χ2v) is 11.2. The molecule has 0 saturated heterocycles. The van der Waals surface area contributed by atoms with E-state index in [4.69, 9.17) is 9.97 Å². The van der Waals surface area contributed by atoms with E-state index in [-0.39, 0.29) is 5.91 Å². The van der Waals surface area contributed by atoms with E-state index in [1.54, 1.807) is 0 Å². The molecule has 0 spiro atoms. The molecule has 0 bridgehead atoms. The summed E-state index contributed by atoms with van der Waals surface area (Å²) < 4.78 is 0. The monoisotopic (exact) mass is 575 g/mol. The van der Waals surface area contributed by atoms with Crippen molar-refractivity contribution >= 4 is 39.8 Å². The molecule has 0 aliphatic carbocycles. The van der Waals surface area contributed by atoms with Gasteiger partial charge in [0.2, 0.25) is 5.95 Å². The number of benzene rings is 5. The van der Waals surface area contributed by atoms with Crippen molar-refractivity contribution in [2.24, 2.45) is 0 Å². The summed E-state index contributed by atoms with van der Waals surface area (Å²) in [7, 11) is 0. The average molecular weight is 576 g/mol. The Kier molecular flexibility index (Phi) is 7.47. The minimum atomic E-state index is -0.145. The lowest BCUT2D eigenvalue weighted by molar-refractivity contribution is 0.102. The highest BCUT2D eigenvalue weighted by Gasteiger charge is 2.17. The Morgan fingerprint density at radius 2 is 1.59 bits per heavy atom. The van der Waals surface area contributed by atoms with Gasteiger partial charge < -0.3 is 15.5 Å². The van der Waals surface area contributed by atoms with Gasteiger partial charge in [-0.1, -0.05) is 78.9 Å². The zero-order valence-corrected chi connectivity index (χ0v) is 24.6. The van der Waals surface area contributed by atoms with Crippen LogP contribution in [0.5, 0.6) is 0 Å². The molecule has 0 saturated carbocycles. The highest BCUT2D eigenvalue weighted by Crippen LogP contribution is 2.30. The molecule has 5 aromatic carbocycles. The van der Waals surface area contributed by atoms with Gasteiger partial charge in [-0.05, 0) is 78.9 Å². The molecule has 6 aromatic rings. The van der Waals surface area contributed by atoms with Crippen LogP contribution in [-0.2, 0) is 13.0 Å². The van der Waals surface area contributed by atoms with Crippen LogP contribution in [0.25, 0.3) is 22.2 Å². The highest BCUT2D eigenvalue weighted by molar-refractivity contribution is 6.05. The van der Waals surface area contributed by atoms with E-state index in [1.165, 1.54) is 16.8 Å². The summed E-state index contributed by atoms with van der Waals surface area (Å²) in [6, 6.07) is 40.5. The number of carbonyl (C=O) groups excluding carboxylic acids is 1. The van der Waals surface area contributed by atoms with Crippen LogP contribution in [0.4, 0.5) is 23.0 Å². The van der Waals surface area contributed by atoms with Gasteiger partial charge in [-0.2, -0.15) is 0 Å². The Morgan fingerprint density at radius 1 is 0.818 bits per heavy atom. The summed E-state index contributed by atoms with van der Waals surface area (Å²) in [5.41, 5.74) is 9.89. The van der Waals surface area contributed by atoms with Crippen molar-refractivity contribution in [2.75, 3.05) is 22.1 Å². The van der Waals surface area contributed by atoms with Gasteiger partial charge in [0.1, 0.15) is 0 Å². The van der Waals surface area contributed by atoms with E-state index in [9.17, 15) is 4.79 Å². The van der Waals surface area contributed by atoms with Gasteiger partial charge in [-0.15, -0.1) is 0 Å². The van der Waals surface area contributed by atoms with Crippen molar-refractivity contribution in [3.8, 4) is 11.3 Å². The molecule has 0 radical (unpaired) electrons. The van der Waals surface area contributed by atoms with Gasteiger partial charge in [0.05, 0.1) is 11.2 Å². The van der Waals surface area contributed by atoms with Crippen LogP contribution >= 0.6 is 0 Å². The third-order valence-corrected chi connectivity index (χ3v) is 8.18. The molecule has 1 aromatic heterocycles. The Bertz CT molecular complexity index is 1950. The lowest BCUT2D eigenvalue weighted by Crippen LogP contribution is -2.28. The predicted octanol–water partition coefficient (Wildman–Crippen LogP) is 8.55. The second kappa shape index (κ2) is 12.0. The summed E-state index contributed by atoms with van der Waals surface area (Å²) in [6.07, 6.45) is 2.28. The van der Waals surface area contributed by atoms with E-state index in [0.29, 0.717) is 11.5 Å². The topological polar surface area (TPSA) is 70.2 Å². The van der Waals surface area contributed by atoms with Crippen LogP contribution in [0.3, 0.4) is 0 Å².